The van der Waals surface area contributed by atoms with Crippen LogP contribution in [0, 0.1) is 0 Å². The molecule has 0 saturated heterocycles. The number of nitrogens with zero attached hydrogens (tertiary/aromatic N) is 3. The molecule has 0 unspecified atom stereocenters. The van der Waals surface area contributed by atoms with Crippen LogP contribution in [0.15, 0.2) is 23.4 Å². The first-order valence-electron chi connectivity index (χ1n) is 5.59. The molecule has 0 aliphatic rings. The van der Waals surface area contributed by atoms with E-state index in [0.717, 1.165) is 11.8 Å². The third kappa shape index (κ3) is 4.62. The quantitative estimate of drug-likeness (QED) is 0.726. The smallest absolute Gasteiger partial charge is 0.234 e. The van der Waals surface area contributed by atoms with Gasteiger partial charge >= 0.3 is 0 Å². The van der Waals surface area contributed by atoms with Crippen molar-refractivity contribution in [3.05, 3.63) is 28.2 Å². The second kappa shape index (κ2) is 6.79. The number of anilines is 3. The number of rotatable bonds is 4. The number of nitrogen functional groups attached to an aromatic ring is 2. The lowest BCUT2D eigenvalue weighted by Crippen LogP contribution is -2.15. The fourth-order valence-electron chi connectivity index (χ4n) is 1.36. The number of carbonyl (C=O) groups is 1. The molecule has 0 radical (unpaired) electrons. The van der Waals surface area contributed by atoms with Crippen LogP contribution in [0.25, 0.3) is 0 Å². The van der Waals surface area contributed by atoms with Gasteiger partial charge in [0.15, 0.2) is 5.16 Å². The molecule has 0 aliphatic heterocycles. The molecule has 21 heavy (non-hydrogen) atoms. The van der Waals surface area contributed by atoms with Gasteiger partial charge in [0.25, 0.3) is 0 Å². The lowest BCUT2D eigenvalue weighted by Gasteiger charge is -2.07. The Balaban J connectivity index is 1.95. The van der Waals surface area contributed by atoms with Crippen LogP contribution in [0.4, 0.5) is 17.6 Å². The Kier molecular flexibility index (Phi) is 5.05. The predicted octanol–water partition coefficient (Wildman–Crippen LogP) is 2.07. The molecule has 1 amide bonds. The number of thioether (sulfide) groups is 1. The highest BCUT2D eigenvalue weighted by atomic mass is 35.5. The average Bonchev–Trinajstić information content (AvgIpc) is 2.39. The van der Waals surface area contributed by atoms with Crippen molar-refractivity contribution in [1.29, 1.82) is 0 Å². The minimum atomic E-state index is -0.276. The molecule has 2 aromatic rings. The van der Waals surface area contributed by atoms with Crippen molar-refractivity contribution in [2.45, 2.75) is 5.16 Å². The summed E-state index contributed by atoms with van der Waals surface area (Å²) in [5, 5.41) is 3.77. The third-order valence-corrected chi connectivity index (χ3v) is 3.58. The first-order valence-corrected chi connectivity index (χ1v) is 7.33. The van der Waals surface area contributed by atoms with E-state index >= 15 is 0 Å². The van der Waals surface area contributed by atoms with Crippen molar-refractivity contribution in [3.8, 4) is 0 Å². The largest absolute Gasteiger partial charge is 0.368 e. The fraction of sp³-hybridized carbons (Fsp3) is 0.0909. The topological polar surface area (TPSA) is 120 Å². The maximum Gasteiger partial charge on any atom is 0.234 e. The number of amides is 1. The maximum atomic E-state index is 11.8. The van der Waals surface area contributed by atoms with Crippen LogP contribution >= 0.6 is 35.0 Å². The van der Waals surface area contributed by atoms with E-state index in [4.69, 9.17) is 34.7 Å². The van der Waals surface area contributed by atoms with E-state index in [1.165, 1.54) is 0 Å². The van der Waals surface area contributed by atoms with Gasteiger partial charge in [-0.25, -0.2) is 0 Å². The highest BCUT2D eigenvalue weighted by Gasteiger charge is 2.09. The van der Waals surface area contributed by atoms with E-state index in [1.807, 2.05) is 0 Å². The van der Waals surface area contributed by atoms with E-state index in [1.54, 1.807) is 18.2 Å². The zero-order valence-corrected chi connectivity index (χ0v) is 12.8. The molecule has 7 nitrogen and oxygen atoms in total. The van der Waals surface area contributed by atoms with E-state index in [9.17, 15) is 4.79 Å². The average molecular weight is 345 g/mol. The molecular weight excluding hydrogens is 335 g/mol. The second-order valence-corrected chi connectivity index (χ2v) is 5.58. The van der Waals surface area contributed by atoms with E-state index in [-0.39, 0.29) is 28.7 Å². The summed E-state index contributed by atoms with van der Waals surface area (Å²) in [5.41, 5.74) is 11.3. The van der Waals surface area contributed by atoms with Crippen molar-refractivity contribution in [1.82, 2.24) is 15.0 Å². The van der Waals surface area contributed by atoms with Gasteiger partial charge in [-0.15, -0.1) is 0 Å². The Hall–Kier alpha value is -1.77. The summed E-state index contributed by atoms with van der Waals surface area (Å²) < 4.78 is 0. The second-order valence-electron chi connectivity index (χ2n) is 3.80. The summed E-state index contributed by atoms with van der Waals surface area (Å²) in [4.78, 5) is 23.2. The summed E-state index contributed by atoms with van der Waals surface area (Å²) >= 11 is 12.8. The molecule has 0 aliphatic carbocycles. The van der Waals surface area contributed by atoms with Crippen LogP contribution in [0.3, 0.4) is 0 Å². The van der Waals surface area contributed by atoms with Crippen LogP contribution in [0.2, 0.25) is 10.0 Å². The van der Waals surface area contributed by atoms with Crippen molar-refractivity contribution in [2.75, 3.05) is 22.5 Å². The standard InChI is InChI=1S/C11H10Cl2N6OS/c12-5-1-2-7(6(13)3-5)16-8(20)4-21-11-18-9(14)17-10(15)19-11/h1-3H,4H2,(H,16,20)(H4,14,15,17,18,19). The molecule has 0 atom stereocenters. The molecular formula is C11H10Cl2N6OS. The minimum Gasteiger partial charge on any atom is -0.368 e. The molecule has 1 aromatic heterocycles. The minimum absolute atomic E-state index is 0.00570. The van der Waals surface area contributed by atoms with Gasteiger partial charge in [0.05, 0.1) is 16.5 Å². The summed E-state index contributed by atoms with van der Waals surface area (Å²) in [5.74, 6) is -0.193. The zero-order chi connectivity index (χ0) is 15.4. The molecule has 5 N–H and O–H groups in total. The SMILES string of the molecule is Nc1nc(N)nc(SCC(=O)Nc2ccc(Cl)cc2Cl)n1. The van der Waals surface area contributed by atoms with Gasteiger partial charge in [-0.3, -0.25) is 4.79 Å². The highest BCUT2D eigenvalue weighted by molar-refractivity contribution is 7.99. The molecule has 0 spiro atoms. The molecule has 2 rings (SSSR count). The van der Waals surface area contributed by atoms with Gasteiger partial charge in [0, 0.05) is 5.02 Å². The number of halogens is 2. The normalized spacial score (nSPS) is 10.4. The van der Waals surface area contributed by atoms with Gasteiger partial charge in [-0.05, 0) is 18.2 Å². The molecule has 0 saturated carbocycles. The van der Waals surface area contributed by atoms with Crippen LogP contribution in [0.1, 0.15) is 0 Å². The van der Waals surface area contributed by atoms with Crippen LogP contribution < -0.4 is 16.8 Å². The van der Waals surface area contributed by atoms with Gasteiger partial charge in [0.1, 0.15) is 0 Å². The summed E-state index contributed by atoms with van der Waals surface area (Å²) in [6.45, 7) is 0. The highest BCUT2D eigenvalue weighted by Crippen LogP contribution is 2.25. The number of benzene rings is 1. The maximum absolute atomic E-state index is 11.8. The first kappa shape index (κ1) is 15.6. The first-order chi connectivity index (χ1) is 9.94. The van der Waals surface area contributed by atoms with Crippen molar-refractivity contribution in [3.63, 3.8) is 0 Å². The molecule has 1 heterocycles. The van der Waals surface area contributed by atoms with Gasteiger partial charge in [-0.1, -0.05) is 35.0 Å². The predicted molar refractivity (Wildman–Crippen MR) is 84.5 cm³/mol. The number of nitrogens with one attached hydrogen (secondary N) is 1. The van der Waals surface area contributed by atoms with Crippen LogP contribution in [0.5, 0.6) is 0 Å². The molecule has 0 bridgehead atoms. The molecule has 10 heteroatoms. The van der Waals surface area contributed by atoms with Crippen molar-refractivity contribution in [2.24, 2.45) is 0 Å². The Morgan fingerprint density at radius 1 is 1.19 bits per heavy atom. The Morgan fingerprint density at radius 3 is 2.48 bits per heavy atom. The van der Waals surface area contributed by atoms with Gasteiger partial charge in [0.2, 0.25) is 17.8 Å². The van der Waals surface area contributed by atoms with E-state index in [2.05, 4.69) is 20.3 Å². The third-order valence-electron chi connectivity index (χ3n) is 2.19. The van der Waals surface area contributed by atoms with E-state index < -0.39 is 0 Å². The molecule has 0 fully saturated rings. The van der Waals surface area contributed by atoms with Crippen LogP contribution in [-0.4, -0.2) is 26.6 Å². The fourth-order valence-corrected chi connectivity index (χ4v) is 2.46. The lowest BCUT2D eigenvalue weighted by molar-refractivity contribution is -0.113. The van der Waals surface area contributed by atoms with Gasteiger partial charge in [-0.2, -0.15) is 15.0 Å². The number of aromatic nitrogens is 3. The summed E-state index contributed by atoms with van der Waals surface area (Å²) in [7, 11) is 0. The Bertz CT molecular complexity index is 664. The Morgan fingerprint density at radius 2 is 1.86 bits per heavy atom. The van der Waals surface area contributed by atoms with E-state index in [0.29, 0.717) is 15.7 Å². The number of hydrogen-bond acceptors (Lipinski definition) is 7. The number of carbonyl (C=O) groups excluding carboxylic acids is 1. The zero-order valence-electron chi connectivity index (χ0n) is 10.5. The van der Waals surface area contributed by atoms with Crippen molar-refractivity contribution < 1.29 is 4.79 Å². The van der Waals surface area contributed by atoms with Gasteiger partial charge < -0.3 is 16.8 Å². The summed E-state index contributed by atoms with van der Waals surface area (Å²) in [6.07, 6.45) is 0. The monoisotopic (exact) mass is 344 g/mol. The van der Waals surface area contributed by atoms with Crippen LogP contribution in [-0.2, 0) is 4.79 Å². The van der Waals surface area contributed by atoms with Crippen molar-refractivity contribution >= 4 is 58.5 Å². The number of hydrogen-bond donors (Lipinski definition) is 3. The summed E-state index contributed by atoms with van der Waals surface area (Å²) in [6, 6.07) is 4.79. The number of nitrogens with two attached hydrogens (primary N) is 2. The Labute approximate surface area is 134 Å². The molecule has 1 aromatic carbocycles. The lowest BCUT2D eigenvalue weighted by atomic mass is 10.3. The molecule has 110 valence electrons.